The molecule has 1 aromatic carbocycles. The zero-order chi connectivity index (χ0) is 14.5. The molecule has 0 aromatic heterocycles. The van der Waals surface area contributed by atoms with Gasteiger partial charge in [0, 0.05) is 31.3 Å². The van der Waals surface area contributed by atoms with Crippen molar-refractivity contribution in [2.45, 2.75) is 25.5 Å². The molecule has 0 amide bonds. The zero-order valence-corrected chi connectivity index (χ0v) is 12.7. The predicted octanol–water partition coefficient (Wildman–Crippen LogP) is 2.78. The van der Waals surface area contributed by atoms with Crippen LogP contribution in [0.25, 0.3) is 0 Å². The van der Waals surface area contributed by atoms with E-state index in [-0.39, 0.29) is 0 Å². The Morgan fingerprint density at radius 3 is 2.33 bits per heavy atom. The first kappa shape index (κ1) is 14.5. The second kappa shape index (κ2) is 7.00. The molecule has 110 valence electrons. The fraction of sp³-hybridized carbons (Fsp3) is 0.588. The molecule has 21 heavy (non-hydrogen) atoms. The Balaban J connectivity index is 1.43. The molecule has 3 nitrogen and oxygen atoms in total. The molecule has 0 saturated carbocycles. The summed E-state index contributed by atoms with van der Waals surface area (Å²) in [5, 5.41) is 8.96. The molecule has 2 aliphatic heterocycles. The summed E-state index contributed by atoms with van der Waals surface area (Å²) in [6, 6.07) is 10.8. The van der Waals surface area contributed by atoms with Gasteiger partial charge in [-0.2, -0.15) is 0 Å². The molecule has 0 radical (unpaired) electrons. The number of para-hydroxylation sites is 1. The third-order valence-electron chi connectivity index (χ3n) is 5.02. The minimum absolute atomic E-state index is 0.307. The van der Waals surface area contributed by atoms with Gasteiger partial charge in [0.2, 0.25) is 0 Å². The molecule has 4 heteroatoms. The van der Waals surface area contributed by atoms with Gasteiger partial charge >= 0.3 is 0 Å². The van der Waals surface area contributed by atoms with Crippen LogP contribution in [-0.4, -0.2) is 44.3 Å². The van der Waals surface area contributed by atoms with Gasteiger partial charge < -0.3 is 9.80 Å². The van der Waals surface area contributed by atoms with Crippen LogP contribution in [-0.2, 0) is 0 Å². The van der Waals surface area contributed by atoms with E-state index in [2.05, 4.69) is 46.1 Å². The van der Waals surface area contributed by atoms with Crippen molar-refractivity contribution in [3.8, 4) is 5.97 Å². The van der Waals surface area contributed by atoms with Gasteiger partial charge in [-0.1, -0.05) is 18.2 Å². The van der Waals surface area contributed by atoms with Crippen LogP contribution in [0.4, 0.5) is 5.69 Å². The summed E-state index contributed by atoms with van der Waals surface area (Å²) in [7, 11) is 0. The van der Waals surface area contributed by atoms with Gasteiger partial charge in [0.15, 0.2) is 0 Å². The van der Waals surface area contributed by atoms with Crippen molar-refractivity contribution in [3.63, 3.8) is 0 Å². The van der Waals surface area contributed by atoms with E-state index in [9.17, 15) is 0 Å². The first-order valence-corrected chi connectivity index (χ1v) is 8.27. The normalized spacial score (nSPS) is 21.3. The van der Waals surface area contributed by atoms with E-state index < -0.39 is 0 Å². The highest BCUT2D eigenvalue weighted by molar-refractivity contribution is 6.67. The summed E-state index contributed by atoms with van der Waals surface area (Å²) < 4.78 is 0. The Morgan fingerprint density at radius 1 is 1.05 bits per heavy atom. The third-order valence-corrected chi connectivity index (χ3v) is 5.02. The second-order valence-electron chi connectivity index (χ2n) is 6.47. The van der Waals surface area contributed by atoms with E-state index in [0.29, 0.717) is 6.71 Å². The number of piperidine rings is 1. The highest BCUT2D eigenvalue weighted by Crippen LogP contribution is 2.24. The largest absolute Gasteiger partial charge is 0.372 e. The Kier molecular flexibility index (Phi) is 4.82. The number of rotatable bonds is 3. The molecule has 0 atom stereocenters. The summed E-state index contributed by atoms with van der Waals surface area (Å²) >= 11 is 0. The number of nitriles is 1. The van der Waals surface area contributed by atoms with E-state index >= 15 is 0 Å². The molecule has 3 rings (SSSR count). The van der Waals surface area contributed by atoms with E-state index in [1.807, 2.05) is 0 Å². The number of anilines is 1. The van der Waals surface area contributed by atoms with Crippen LogP contribution in [0.5, 0.6) is 0 Å². The molecular formula is C17H24BN3. The molecule has 0 aliphatic carbocycles. The van der Waals surface area contributed by atoms with Crippen molar-refractivity contribution in [2.75, 3.05) is 37.6 Å². The van der Waals surface area contributed by atoms with Gasteiger partial charge in [0.25, 0.3) is 6.71 Å². The van der Waals surface area contributed by atoms with Crippen molar-refractivity contribution < 1.29 is 0 Å². The number of benzene rings is 1. The maximum atomic E-state index is 8.96. The SMILES string of the molecule is N#CB1CCN(CC2CCN(c3ccccc3)CC2)CC1. The molecule has 2 fully saturated rings. The molecule has 0 spiro atoms. The first-order chi connectivity index (χ1) is 10.3. The maximum absolute atomic E-state index is 8.96. The van der Waals surface area contributed by atoms with E-state index in [4.69, 9.17) is 5.26 Å². The Labute approximate surface area is 128 Å². The highest BCUT2D eigenvalue weighted by Gasteiger charge is 2.26. The lowest BCUT2D eigenvalue weighted by atomic mass is 9.45. The minimum atomic E-state index is 0.307. The van der Waals surface area contributed by atoms with Crippen LogP contribution in [0.3, 0.4) is 0 Å². The lowest BCUT2D eigenvalue weighted by Gasteiger charge is -2.37. The Hall–Kier alpha value is -1.47. The van der Waals surface area contributed by atoms with E-state index in [0.717, 1.165) is 31.6 Å². The van der Waals surface area contributed by atoms with Gasteiger partial charge in [-0.15, -0.1) is 0 Å². The zero-order valence-electron chi connectivity index (χ0n) is 12.7. The lowest BCUT2D eigenvalue weighted by molar-refractivity contribution is 0.222. The fourth-order valence-electron chi connectivity index (χ4n) is 3.62. The van der Waals surface area contributed by atoms with Crippen molar-refractivity contribution in [1.82, 2.24) is 4.90 Å². The topological polar surface area (TPSA) is 30.3 Å². The first-order valence-electron chi connectivity index (χ1n) is 8.27. The molecule has 2 saturated heterocycles. The number of nitrogens with zero attached hydrogens (tertiary/aromatic N) is 3. The van der Waals surface area contributed by atoms with Crippen LogP contribution < -0.4 is 4.90 Å². The lowest BCUT2D eigenvalue weighted by Crippen LogP contribution is -2.42. The number of hydrogen-bond donors (Lipinski definition) is 0. The van der Waals surface area contributed by atoms with E-state index in [1.54, 1.807) is 0 Å². The monoisotopic (exact) mass is 281 g/mol. The van der Waals surface area contributed by atoms with Gasteiger partial charge in [0.1, 0.15) is 0 Å². The summed E-state index contributed by atoms with van der Waals surface area (Å²) in [5.41, 5.74) is 1.37. The molecular weight excluding hydrogens is 257 g/mol. The van der Waals surface area contributed by atoms with E-state index in [1.165, 1.54) is 38.2 Å². The van der Waals surface area contributed by atoms with Gasteiger partial charge in [-0.3, -0.25) is 0 Å². The average molecular weight is 281 g/mol. The van der Waals surface area contributed by atoms with Gasteiger partial charge in [0.05, 0.1) is 0 Å². The molecule has 0 bridgehead atoms. The molecule has 0 N–H and O–H groups in total. The van der Waals surface area contributed by atoms with Gasteiger partial charge in [-0.05, 0) is 56.6 Å². The summed E-state index contributed by atoms with van der Waals surface area (Å²) in [4.78, 5) is 5.09. The Bertz CT molecular complexity index is 469. The summed E-state index contributed by atoms with van der Waals surface area (Å²) in [6.45, 7) is 6.16. The number of hydrogen-bond acceptors (Lipinski definition) is 3. The van der Waals surface area contributed by atoms with Crippen LogP contribution in [0.2, 0.25) is 12.6 Å². The van der Waals surface area contributed by atoms with Gasteiger partial charge in [-0.25, -0.2) is 5.26 Å². The smallest absolute Gasteiger partial charge is 0.270 e. The molecule has 0 unspecified atom stereocenters. The fourth-order valence-corrected chi connectivity index (χ4v) is 3.62. The van der Waals surface area contributed by atoms with Crippen molar-refractivity contribution >= 4 is 12.4 Å². The van der Waals surface area contributed by atoms with Crippen LogP contribution in [0.15, 0.2) is 30.3 Å². The maximum Gasteiger partial charge on any atom is 0.270 e. The average Bonchev–Trinajstić information content (AvgIpc) is 2.57. The van der Waals surface area contributed by atoms with Crippen molar-refractivity contribution in [1.29, 1.82) is 5.26 Å². The van der Waals surface area contributed by atoms with Crippen molar-refractivity contribution in [3.05, 3.63) is 30.3 Å². The quantitative estimate of drug-likeness (QED) is 0.798. The molecule has 1 aromatic rings. The van der Waals surface area contributed by atoms with Crippen LogP contribution in [0, 0.1) is 17.1 Å². The minimum Gasteiger partial charge on any atom is -0.372 e. The molecule has 2 heterocycles. The van der Waals surface area contributed by atoms with Crippen LogP contribution >= 0.6 is 0 Å². The second-order valence-corrected chi connectivity index (χ2v) is 6.47. The summed E-state index contributed by atoms with van der Waals surface area (Å²) in [6.07, 6.45) is 4.73. The molecule has 2 aliphatic rings. The third kappa shape index (κ3) is 3.80. The highest BCUT2D eigenvalue weighted by atomic mass is 15.2. The Morgan fingerprint density at radius 2 is 1.71 bits per heavy atom. The van der Waals surface area contributed by atoms with Crippen LogP contribution in [0.1, 0.15) is 12.8 Å². The van der Waals surface area contributed by atoms with Crippen molar-refractivity contribution in [2.24, 2.45) is 5.92 Å². The predicted molar refractivity (Wildman–Crippen MR) is 88.8 cm³/mol. The standard InChI is InChI=1S/C17H24BN3/c19-15-18-8-12-20(13-9-18)14-16-6-10-21(11-7-16)17-4-2-1-3-5-17/h1-5,16H,6-14H2. The summed E-state index contributed by atoms with van der Waals surface area (Å²) in [5.74, 6) is 3.26.